The third-order valence-corrected chi connectivity index (χ3v) is 11.0. The van der Waals surface area contributed by atoms with Crippen LogP contribution in [0.1, 0.15) is 61.7 Å². The van der Waals surface area contributed by atoms with Crippen LogP contribution in [0.4, 0.5) is 5.69 Å². The number of hydrogen-bond donors (Lipinski definition) is 7. The number of rotatable bonds is 8. The van der Waals surface area contributed by atoms with Crippen LogP contribution in [0, 0.1) is 25.2 Å². The summed E-state index contributed by atoms with van der Waals surface area (Å²) in [4.78, 5) is 36.8. The van der Waals surface area contributed by atoms with Crippen LogP contribution in [-0.4, -0.2) is 114 Å². The first kappa shape index (κ1) is 44.4. The summed E-state index contributed by atoms with van der Waals surface area (Å²) in [7, 11) is 0. The van der Waals surface area contributed by atoms with Crippen molar-refractivity contribution in [2.75, 3.05) is 5.43 Å². The fourth-order valence-corrected chi connectivity index (χ4v) is 7.72. The Morgan fingerprint density at radius 2 is 1.71 bits per heavy atom. The molecule has 3 aliphatic heterocycles. The number of allylic oxidation sites excluding steroid dienone is 3. The summed E-state index contributed by atoms with van der Waals surface area (Å²) in [6, 6.07) is 6.92. The van der Waals surface area contributed by atoms with Gasteiger partial charge in [-0.2, -0.15) is 5.10 Å². The first-order chi connectivity index (χ1) is 25.0. The number of aliphatic carboxylic acids is 2. The van der Waals surface area contributed by atoms with E-state index in [2.05, 4.69) is 32.4 Å². The molecule has 7 N–H and O–H groups in total. The van der Waals surface area contributed by atoms with E-state index in [1.54, 1.807) is 57.2 Å². The SMILES string of the molecule is C=CC1(C(C)C(=O)O)C(C)=C2/C=c3\[nH]/c(c(C(C)C(=O)O)c3C)=C\c3cc(C)c([nH]3)\C=C3N=C(/C=C/1N2)C(C)(O)C/3=C\C=N\Nc1ccc(Cl)cc1Cl.[NaH].[NaH]. The number of halogens is 2. The van der Waals surface area contributed by atoms with Gasteiger partial charge in [-0.15, -0.1) is 6.58 Å². The molecule has 0 radical (unpaired) electrons. The zero-order chi connectivity index (χ0) is 38.6. The van der Waals surface area contributed by atoms with Crippen LogP contribution in [0.15, 0.2) is 87.4 Å². The van der Waals surface area contributed by atoms with Crippen molar-refractivity contribution in [1.29, 1.82) is 0 Å². The minimum absolute atomic E-state index is 0. The fraction of sp³-hybridized carbons (Fsp3) is 0.250. The van der Waals surface area contributed by atoms with Crippen molar-refractivity contribution in [2.45, 2.75) is 53.1 Å². The molecular weight excluding hydrogens is 761 g/mol. The van der Waals surface area contributed by atoms with Gasteiger partial charge >= 0.3 is 71.1 Å². The predicted octanol–water partition coefficient (Wildman–Crippen LogP) is 5.01. The number of nitrogens with zero attached hydrogens (tertiary/aromatic N) is 2. The quantitative estimate of drug-likeness (QED) is 0.0726. The zero-order valence-electron chi connectivity index (χ0n) is 30.0. The maximum atomic E-state index is 12.7. The molecule has 1 aromatic carbocycles. The molecule has 278 valence electrons. The molecule has 6 rings (SSSR count). The van der Waals surface area contributed by atoms with Gasteiger partial charge in [-0.1, -0.05) is 36.2 Å². The van der Waals surface area contributed by atoms with Gasteiger partial charge in [0, 0.05) is 50.3 Å². The van der Waals surface area contributed by atoms with E-state index in [4.69, 9.17) is 28.2 Å². The van der Waals surface area contributed by atoms with Gasteiger partial charge in [0.2, 0.25) is 0 Å². The Bertz CT molecular complexity index is 2420. The van der Waals surface area contributed by atoms with Crippen LogP contribution in [0.3, 0.4) is 0 Å². The summed E-state index contributed by atoms with van der Waals surface area (Å²) < 4.78 is 0. The maximum absolute atomic E-state index is 12.7. The first-order valence-electron chi connectivity index (χ1n) is 16.9. The van der Waals surface area contributed by atoms with Crippen molar-refractivity contribution in [2.24, 2.45) is 21.4 Å². The molecule has 55 heavy (non-hydrogen) atoms. The normalized spacial score (nSPS) is 25.0. The Labute approximate surface area is 373 Å². The number of carbonyl (C=O) groups is 2. The number of benzene rings is 1. The summed E-state index contributed by atoms with van der Waals surface area (Å²) in [5.41, 5.74) is 7.08. The average molecular weight is 804 g/mol. The standard InChI is InChI=1S/C40H40Cl2N6O5.2Na.2H/c1-8-40(23(6)38(51)52)22(5)31-17-30-20(3)36(21(4)37(49)50)33(45-30)15-25-13-19(2)29(44-25)16-32-26(39(7,53)34(47-32)18-35(40)46-31)11-12-43-48-28-10-9-24(41)14-27(28)42;;;;/h8-18,21,23,44-46,48,53H,1H2,2-7H3,(H,49,50)(H,51,52);;;;/b26-11-,30-17-,32-16-,33-15-,35-18-,43-12+;;;;. The summed E-state index contributed by atoms with van der Waals surface area (Å²) in [6.07, 6.45) is 12.0. The second-order valence-corrected chi connectivity index (χ2v) is 14.6. The van der Waals surface area contributed by atoms with Crippen molar-refractivity contribution in [1.82, 2.24) is 15.3 Å². The molecule has 2 aromatic heterocycles. The molecule has 11 nitrogen and oxygen atoms in total. The summed E-state index contributed by atoms with van der Waals surface area (Å²) in [5.74, 6) is -3.81. The Morgan fingerprint density at radius 1 is 1.00 bits per heavy atom. The number of aromatic amines is 2. The average Bonchev–Trinajstić information content (AvgIpc) is 3.75. The van der Waals surface area contributed by atoms with Crippen LogP contribution in [0.25, 0.3) is 18.2 Å². The number of carboxylic acids is 2. The molecule has 4 unspecified atom stereocenters. The van der Waals surface area contributed by atoms with Crippen LogP contribution in [-0.2, 0) is 9.59 Å². The van der Waals surface area contributed by atoms with Gasteiger partial charge in [0.15, 0.2) is 0 Å². The number of hydrazone groups is 1. The number of H-pyrrole nitrogens is 2. The Hall–Kier alpha value is -3.36. The molecule has 4 atom stereocenters. The molecule has 0 spiro atoms. The van der Waals surface area contributed by atoms with Crippen molar-refractivity contribution in [3.8, 4) is 0 Å². The van der Waals surface area contributed by atoms with Gasteiger partial charge in [0.05, 0.1) is 39.4 Å². The summed E-state index contributed by atoms with van der Waals surface area (Å²) >= 11 is 12.3. The van der Waals surface area contributed by atoms with E-state index in [-0.39, 0.29) is 64.8 Å². The number of nitrogens with one attached hydrogen (secondary N) is 4. The van der Waals surface area contributed by atoms with Crippen LogP contribution >= 0.6 is 23.2 Å². The topological polar surface area (TPSA) is 175 Å². The number of carboxylic acid groups (broad SMARTS) is 2. The van der Waals surface area contributed by atoms with Gasteiger partial charge in [-0.05, 0) is 112 Å². The van der Waals surface area contributed by atoms with Gasteiger partial charge in [0.1, 0.15) is 5.60 Å². The van der Waals surface area contributed by atoms with Crippen molar-refractivity contribution in [3.63, 3.8) is 0 Å². The third-order valence-electron chi connectivity index (χ3n) is 10.5. The Balaban J connectivity index is 0.00000336. The second-order valence-electron chi connectivity index (χ2n) is 13.7. The predicted molar refractivity (Wildman–Crippen MR) is 225 cm³/mol. The molecule has 0 aliphatic carbocycles. The number of aromatic nitrogens is 2. The molecule has 0 amide bonds. The number of fused-ring (bicyclic) bond motifs is 7. The van der Waals surface area contributed by atoms with E-state index in [1.807, 2.05) is 45.1 Å². The minimum atomic E-state index is -1.65. The third kappa shape index (κ3) is 8.10. The van der Waals surface area contributed by atoms with Gasteiger partial charge in [0.25, 0.3) is 0 Å². The van der Waals surface area contributed by atoms with Crippen LogP contribution < -0.4 is 21.4 Å². The van der Waals surface area contributed by atoms with E-state index >= 15 is 0 Å². The first-order valence-corrected chi connectivity index (χ1v) is 17.6. The monoisotopic (exact) mass is 802 g/mol. The molecular formula is C40H42Cl2N6Na2O5. The van der Waals surface area contributed by atoms with Crippen LogP contribution in [0.5, 0.6) is 0 Å². The number of anilines is 1. The number of hydrogen-bond acceptors (Lipinski definition) is 7. The van der Waals surface area contributed by atoms with E-state index < -0.39 is 34.8 Å². The van der Waals surface area contributed by atoms with Crippen LogP contribution in [0.2, 0.25) is 10.0 Å². The van der Waals surface area contributed by atoms with Crippen molar-refractivity contribution in [3.05, 3.63) is 126 Å². The molecule has 0 saturated carbocycles. The molecule has 0 saturated heterocycles. The van der Waals surface area contributed by atoms with Gasteiger partial charge < -0.3 is 30.6 Å². The van der Waals surface area contributed by atoms with Crippen molar-refractivity contribution < 1.29 is 24.9 Å². The van der Waals surface area contributed by atoms with E-state index in [0.717, 1.165) is 16.8 Å². The van der Waals surface area contributed by atoms with E-state index in [9.17, 15) is 24.9 Å². The molecule has 0 fully saturated rings. The number of aliphatic imine (C=N–C) groups is 1. The van der Waals surface area contributed by atoms with Gasteiger partial charge in [-0.3, -0.25) is 15.0 Å². The van der Waals surface area contributed by atoms with E-state index in [0.29, 0.717) is 65.9 Å². The number of aryl methyl sites for hydroxylation is 1. The van der Waals surface area contributed by atoms with Gasteiger partial charge in [-0.25, -0.2) is 4.99 Å². The molecule has 3 aromatic rings. The molecule has 3 aliphatic rings. The second kappa shape index (κ2) is 17.0. The Kier molecular flexibility index (Phi) is 13.7. The fourth-order valence-electron chi connectivity index (χ4n) is 7.27. The molecule has 5 heterocycles. The zero-order valence-corrected chi connectivity index (χ0v) is 31.5. The molecule has 8 bridgehead atoms. The molecule has 15 heteroatoms. The summed E-state index contributed by atoms with van der Waals surface area (Å²) in [5, 5.41) is 42.5. The Morgan fingerprint density at radius 3 is 2.35 bits per heavy atom. The van der Waals surface area contributed by atoms with Crippen molar-refractivity contribution >= 4 is 130 Å². The van der Waals surface area contributed by atoms with E-state index in [1.165, 1.54) is 6.21 Å². The summed E-state index contributed by atoms with van der Waals surface area (Å²) in [6.45, 7) is 14.6. The number of aliphatic hydroxyl groups is 1.